The molecule has 0 saturated heterocycles. The van der Waals surface area contributed by atoms with E-state index in [4.69, 9.17) is 0 Å². The molecule has 0 aliphatic rings. The van der Waals surface area contributed by atoms with Crippen molar-refractivity contribution in [2.24, 2.45) is 0 Å². The Bertz CT molecular complexity index is 19.2. The van der Waals surface area contributed by atoms with Crippen molar-refractivity contribution in [3.05, 3.63) is 0 Å². The molecule has 0 unspecified atom stereocenters. The summed E-state index contributed by atoms with van der Waals surface area (Å²) in [4.78, 5) is 0. The molecular weight excluding hydrogens is 90.0 g/mol. The van der Waals surface area contributed by atoms with Crippen LogP contribution in [0, 0.1) is 0 Å². The third-order valence-electron chi connectivity index (χ3n) is 0.167. The maximum atomic E-state index is 4.46. The second-order valence-electron chi connectivity index (χ2n) is 0.455. The van der Waals surface area contributed by atoms with Crippen LogP contribution in [0.25, 0.3) is 0 Å². The van der Waals surface area contributed by atoms with Crippen LogP contribution in [0.1, 0.15) is 11.2 Å². The largest absolute Gasteiger partial charge is 1.00 e. The van der Waals surface area contributed by atoms with E-state index in [1.54, 1.807) is 0 Å². The molecule has 0 amide bonds. The second kappa shape index (κ2) is 9.09. The number of hydrogen-bond acceptors (Lipinski definition) is 1. The van der Waals surface area contributed by atoms with Crippen molar-refractivity contribution in [2.75, 3.05) is 6.61 Å². The maximum absolute atomic E-state index is 4.46. The molecule has 0 radical (unpaired) electrons. The Morgan fingerprint density at radius 3 is 2.20 bits per heavy atom. The first-order chi connectivity index (χ1) is 1.91. The van der Waals surface area contributed by atoms with Crippen molar-refractivity contribution in [1.29, 1.82) is 0 Å². The van der Waals surface area contributed by atoms with Crippen LogP contribution in [0.3, 0.4) is 0 Å². The van der Waals surface area contributed by atoms with Crippen LogP contribution in [0.2, 0.25) is 0 Å². The van der Waals surface area contributed by atoms with Gasteiger partial charge in [-0.25, -0.2) is 0 Å². The van der Waals surface area contributed by atoms with Crippen molar-refractivity contribution in [3.63, 3.8) is 0 Å². The second-order valence-corrected chi connectivity index (χ2v) is 0.789. The summed E-state index contributed by atoms with van der Waals surface area (Å²) >= 11 is 2.16. The predicted octanol–water partition coefficient (Wildman–Crippen LogP) is -2.55. The summed E-state index contributed by atoms with van der Waals surface area (Å²) in [6.45, 7) is 2.72. The molecule has 0 spiro atoms. The van der Waals surface area contributed by atoms with Crippen LogP contribution < -0.4 is 29.6 Å². The first-order valence-corrected chi connectivity index (χ1v) is 1.70. The smallest absolute Gasteiger partial charge is 1.00 e. The molecule has 0 atom stereocenters. The molecule has 0 aromatic carbocycles. The third kappa shape index (κ3) is 10.8. The minimum absolute atomic E-state index is 0. The molecular formula is C2H8AlNaO. The van der Waals surface area contributed by atoms with E-state index in [0.717, 1.165) is 6.61 Å². The van der Waals surface area contributed by atoms with Gasteiger partial charge < -0.3 is 4.28 Å². The molecule has 0 N–H and O–H groups in total. The van der Waals surface area contributed by atoms with Crippen LogP contribution in [0.5, 0.6) is 0 Å². The van der Waals surface area contributed by atoms with Gasteiger partial charge in [-0.15, -0.1) is 0 Å². The van der Waals surface area contributed by atoms with Crippen LogP contribution >= 0.6 is 0 Å². The third-order valence-corrected chi connectivity index (χ3v) is 0.500. The van der Waals surface area contributed by atoms with Gasteiger partial charge in [-0.05, 0) is 0 Å². The molecule has 0 rings (SSSR count). The summed E-state index contributed by atoms with van der Waals surface area (Å²) < 4.78 is 4.46. The quantitative estimate of drug-likeness (QED) is 0.328. The van der Waals surface area contributed by atoms with E-state index >= 15 is 0 Å². The molecule has 0 saturated carbocycles. The van der Waals surface area contributed by atoms with Gasteiger partial charge >= 0.3 is 63.5 Å². The first-order valence-electron chi connectivity index (χ1n) is 1.23. The molecule has 1 nitrogen and oxygen atoms in total. The normalized spacial score (nSPS) is 6.20. The zero-order valence-electron chi connectivity index (χ0n) is 6.69. The Hall–Kier alpha value is 1.49. The molecule has 0 aliphatic carbocycles. The fourth-order valence-corrected chi connectivity index (χ4v) is 0. The molecule has 0 aromatic rings. The molecule has 26 valence electrons. The SMILES string of the molecule is CC[O][Al+2].[H-].[H-].[H-].[Na+]. The Kier molecular flexibility index (Phi) is 17.6. The average Bonchev–Trinajstić information content (AvgIpc) is 1.37. The van der Waals surface area contributed by atoms with Gasteiger partial charge in [0.05, 0.1) is 0 Å². The predicted molar refractivity (Wildman–Crippen MR) is 20.7 cm³/mol. The monoisotopic (exact) mass is 98.0 g/mol. The summed E-state index contributed by atoms with van der Waals surface area (Å²) in [6, 6.07) is 0. The maximum Gasteiger partial charge on any atom is 1.00 e. The average molecular weight is 98.1 g/mol. The van der Waals surface area contributed by atoms with Gasteiger partial charge in [0.15, 0.2) is 0 Å². The van der Waals surface area contributed by atoms with Gasteiger partial charge in [-0.1, -0.05) is 0 Å². The van der Waals surface area contributed by atoms with Crippen molar-refractivity contribution < 1.29 is 37.6 Å². The molecule has 5 heavy (non-hydrogen) atoms. The van der Waals surface area contributed by atoms with Gasteiger partial charge in [-0.3, -0.25) is 0 Å². The molecule has 0 aliphatic heterocycles. The summed E-state index contributed by atoms with van der Waals surface area (Å²) in [5.41, 5.74) is 0. The Morgan fingerprint density at radius 1 is 2.00 bits per heavy atom. The van der Waals surface area contributed by atoms with Crippen LogP contribution in [-0.4, -0.2) is 23.2 Å². The summed E-state index contributed by atoms with van der Waals surface area (Å²) in [6.07, 6.45) is 0. The van der Waals surface area contributed by atoms with E-state index in [1.165, 1.54) is 0 Å². The Labute approximate surface area is 67.6 Å². The van der Waals surface area contributed by atoms with E-state index in [1.807, 2.05) is 6.92 Å². The first kappa shape index (κ1) is 9.70. The fraction of sp³-hybridized carbons (Fsp3) is 1.00. The summed E-state index contributed by atoms with van der Waals surface area (Å²) in [7, 11) is 0. The Morgan fingerprint density at radius 2 is 2.20 bits per heavy atom. The van der Waals surface area contributed by atoms with Crippen molar-refractivity contribution in [3.8, 4) is 0 Å². The van der Waals surface area contributed by atoms with Crippen molar-refractivity contribution in [1.82, 2.24) is 0 Å². The molecule has 0 bridgehead atoms. The summed E-state index contributed by atoms with van der Waals surface area (Å²) in [5.74, 6) is 0. The van der Waals surface area contributed by atoms with Crippen LogP contribution in [0.15, 0.2) is 0 Å². The molecule has 0 fully saturated rings. The van der Waals surface area contributed by atoms with Gasteiger partial charge in [0.25, 0.3) is 0 Å². The molecule has 0 aromatic heterocycles. The zero-order valence-corrected chi connectivity index (χ0v) is 6.85. The van der Waals surface area contributed by atoms with Gasteiger partial charge in [-0.2, -0.15) is 0 Å². The van der Waals surface area contributed by atoms with Crippen LogP contribution in [-0.2, 0) is 3.79 Å². The van der Waals surface area contributed by atoms with Crippen molar-refractivity contribution >= 4 is 16.6 Å². The topological polar surface area (TPSA) is 9.23 Å². The standard InChI is InChI=1S/C2H5O.Al.Na.3H/c1-2-3;;;;;/h2H2,1H3;;;;;/q-1;+3;+1;3*-1. The van der Waals surface area contributed by atoms with Crippen LogP contribution in [0.4, 0.5) is 0 Å². The van der Waals surface area contributed by atoms with E-state index in [0.29, 0.717) is 0 Å². The van der Waals surface area contributed by atoms with Gasteiger partial charge in [0.1, 0.15) is 0 Å². The number of hydrogen-bond donors (Lipinski definition) is 0. The minimum Gasteiger partial charge on any atom is -1.00 e. The van der Waals surface area contributed by atoms with E-state index in [2.05, 4.69) is 20.4 Å². The van der Waals surface area contributed by atoms with E-state index < -0.39 is 0 Å². The van der Waals surface area contributed by atoms with Crippen molar-refractivity contribution in [2.45, 2.75) is 6.92 Å². The van der Waals surface area contributed by atoms with E-state index in [9.17, 15) is 0 Å². The minimum atomic E-state index is 0. The molecule has 0 heterocycles. The van der Waals surface area contributed by atoms with E-state index in [-0.39, 0.29) is 33.8 Å². The number of rotatable bonds is 1. The summed E-state index contributed by atoms with van der Waals surface area (Å²) in [5, 5.41) is 0. The fourth-order valence-electron chi connectivity index (χ4n) is 0. The van der Waals surface area contributed by atoms with Gasteiger partial charge in [0.2, 0.25) is 0 Å². The Balaban J connectivity index is -0.00000000750. The molecule has 3 heteroatoms. The van der Waals surface area contributed by atoms with Gasteiger partial charge in [0, 0.05) is 0 Å². The zero-order chi connectivity index (χ0) is 3.41.